The summed E-state index contributed by atoms with van der Waals surface area (Å²) in [5.41, 5.74) is 3.97. The molecule has 134 valence electrons. The molecule has 1 N–H and O–H groups in total. The van der Waals surface area contributed by atoms with Gasteiger partial charge in [-0.3, -0.25) is 4.79 Å². The minimum Gasteiger partial charge on any atom is -0.391 e. The highest BCUT2D eigenvalue weighted by Gasteiger charge is 2.31. The number of aliphatic hydroxyl groups excluding tert-OH is 1. The lowest BCUT2D eigenvalue weighted by Crippen LogP contribution is -2.48. The zero-order chi connectivity index (χ0) is 17.6. The Bertz CT molecular complexity index is 686. The summed E-state index contributed by atoms with van der Waals surface area (Å²) in [6, 6.07) is 10.00. The number of benzene rings is 1. The van der Waals surface area contributed by atoms with Gasteiger partial charge in [0.15, 0.2) is 0 Å². The van der Waals surface area contributed by atoms with Crippen molar-refractivity contribution in [3.05, 3.63) is 52.0 Å². The smallest absolute Gasteiger partial charge is 0.223 e. The molecule has 3 rings (SSSR count). The van der Waals surface area contributed by atoms with E-state index in [1.54, 1.807) is 11.3 Å². The van der Waals surface area contributed by atoms with Crippen LogP contribution >= 0.6 is 11.3 Å². The van der Waals surface area contributed by atoms with E-state index in [0.717, 1.165) is 43.4 Å². The van der Waals surface area contributed by atoms with Crippen LogP contribution in [0.2, 0.25) is 0 Å². The van der Waals surface area contributed by atoms with Crippen molar-refractivity contribution in [3.63, 3.8) is 0 Å². The van der Waals surface area contributed by atoms with E-state index in [-0.39, 0.29) is 11.9 Å². The van der Waals surface area contributed by atoms with Gasteiger partial charge in [0.2, 0.25) is 5.91 Å². The van der Waals surface area contributed by atoms with Crippen molar-refractivity contribution in [1.82, 2.24) is 9.88 Å². The standard InChI is InChI=1S/C20H26N2O2S/c1-15-19(25-14-21-15)11-12-20(24)22(13-16-7-3-2-4-8-16)17-9-5-6-10-18(17)23/h2-4,7-8,14,17-18,23H,5-6,9-13H2,1H3/t17-,18-/m1/s1. The molecule has 1 aliphatic carbocycles. The Balaban J connectivity index is 1.72. The van der Waals surface area contributed by atoms with E-state index >= 15 is 0 Å². The highest BCUT2D eigenvalue weighted by Crippen LogP contribution is 2.26. The average molecular weight is 359 g/mol. The number of nitrogens with zero attached hydrogens (tertiary/aromatic N) is 2. The molecule has 0 radical (unpaired) electrons. The first kappa shape index (κ1) is 18.1. The quantitative estimate of drug-likeness (QED) is 0.856. The minimum atomic E-state index is -0.411. The molecule has 1 aromatic heterocycles. The van der Waals surface area contributed by atoms with Crippen LogP contribution in [0.3, 0.4) is 0 Å². The van der Waals surface area contributed by atoms with E-state index in [1.165, 1.54) is 4.88 Å². The van der Waals surface area contributed by atoms with Gasteiger partial charge in [0, 0.05) is 17.8 Å². The van der Waals surface area contributed by atoms with Crippen molar-refractivity contribution < 1.29 is 9.90 Å². The van der Waals surface area contributed by atoms with Crippen molar-refractivity contribution >= 4 is 17.2 Å². The van der Waals surface area contributed by atoms with Crippen LogP contribution in [0.1, 0.15) is 48.2 Å². The van der Waals surface area contributed by atoms with Gasteiger partial charge in [-0.25, -0.2) is 4.98 Å². The van der Waals surface area contributed by atoms with Crippen molar-refractivity contribution in [2.24, 2.45) is 0 Å². The molecule has 0 unspecified atom stereocenters. The van der Waals surface area contributed by atoms with E-state index in [1.807, 2.05) is 47.7 Å². The fraction of sp³-hybridized carbons (Fsp3) is 0.500. The molecular formula is C20H26N2O2S. The minimum absolute atomic E-state index is 0.0657. The van der Waals surface area contributed by atoms with Crippen molar-refractivity contribution in [3.8, 4) is 0 Å². The molecule has 0 bridgehead atoms. The molecule has 5 heteroatoms. The zero-order valence-electron chi connectivity index (χ0n) is 14.7. The van der Waals surface area contributed by atoms with Gasteiger partial charge in [-0.2, -0.15) is 0 Å². The molecule has 4 nitrogen and oxygen atoms in total. The molecule has 1 heterocycles. The third-order valence-electron chi connectivity index (χ3n) is 5.02. The van der Waals surface area contributed by atoms with Gasteiger partial charge in [-0.05, 0) is 31.7 Å². The molecule has 1 fully saturated rings. The average Bonchev–Trinajstić information content (AvgIpc) is 3.04. The fourth-order valence-electron chi connectivity index (χ4n) is 3.56. The summed E-state index contributed by atoms with van der Waals surface area (Å²) in [5.74, 6) is 0.127. The molecule has 2 atom stereocenters. The van der Waals surface area contributed by atoms with Crippen LogP contribution in [0, 0.1) is 6.92 Å². The van der Waals surface area contributed by atoms with Crippen LogP contribution < -0.4 is 0 Å². The first-order valence-electron chi connectivity index (χ1n) is 9.05. The number of thiazole rings is 1. The lowest BCUT2D eigenvalue weighted by molar-refractivity contribution is -0.138. The molecule has 0 saturated heterocycles. The summed E-state index contributed by atoms with van der Waals surface area (Å²) in [6.07, 6.45) is 4.59. The summed E-state index contributed by atoms with van der Waals surface area (Å²) in [4.78, 5) is 20.4. The Kier molecular flexibility index (Phi) is 6.21. The summed E-state index contributed by atoms with van der Waals surface area (Å²) in [7, 11) is 0. The maximum atomic E-state index is 13.0. The van der Waals surface area contributed by atoms with Gasteiger partial charge in [0.25, 0.3) is 0 Å². The topological polar surface area (TPSA) is 53.4 Å². The van der Waals surface area contributed by atoms with Gasteiger partial charge in [0.05, 0.1) is 23.4 Å². The zero-order valence-corrected chi connectivity index (χ0v) is 15.5. The van der Waals surface area contributed by atoms with Gasteiger partial charge < -0.3 is 10.0 Å². The first-order chi connectivity index (χ1) is 12.1. The van der Waals surface area contributed by atoms with Gasteiger partial charge in [-0.1, -0.05) is 43.2 Å². The number of rotatable bonds is 6. The number of aryl methyl sites for hydroxylation is 2. The lowest BCUT2D eigenvalue weighted by Gasteiger charge is -2.38. The third-order valence-corrected chi connectivity index (χ3v) is 6.02. The normalized spacial score (nSPS) is 20.4. The van der Waals surface area contributed by atoms with E-state index in [0.29, 0.717) is 13.0 Å². The van der Waals surface area contributed by atoms with Gasteiger partial charge in [0.1, 0.15) is 0 Å². The van der Waals surface area contributed by atoms with E-state index in [4.69, 9.17) is 0 Å². The molecule has 1 amide bonds. The molecule has 0 spiro atoms. The van der Waals surface area contributed by atoms with Crippen LogP contribution in [0.15, 0.2) is 35.8 Å². The summed E-state index contributed by atoms with van der Waals surface area (Å²) < 4.78 is 0. The predicted molar refractivity (Wildman–Crippen MR) is 100 cm³/mol. The second-order valence-corrected chi connectivity index (χ2v) is 7.73. The van der Waals surface area contributed by atoms with E-state index < -0.39 is 6.10 Å². The highest BCUT2D eigenvalue weighted by molar-refractivity contribution is 7.09. The Morgan fingerprint density at radius 1 is 1.28 bits per heavy atom. The van der Waals surface area contributed by atoms with Crippen molar-refractivity contribution in [1.29, 1.82) is 0 Å². The number of carbonyl (C=O) groups excluding carboxylic acids is 1. The maximum Gasteiger partial charge on any atom is 0.223 e. The number of hydrogen-bond donors (Lipinski definition) is 1. The number of aliphatic hydroxyl groups is 1. The fourth-order valence-corrected chi connectivity index (χ4v) is 4.34. The largest absolute Gasteiger partial charge is 0.391 e. The van der Waals surface area contributed by atoms with Crippen LogP contribution in [-0.4, -0.2) is 33.0 Å². The number of hydrogen-bond acceptors (Lipinski definition) is 4. The van der Waals surface area contributed by atoms with Crippen LogP contribution in [0.5, 0.6) is 0 Å². The third kappa shape index (κ3) is 4.67. The number of amides is 1. The number of carbonyl (C=O) groups is 1. The molecule has 0 aliphatic heterocycles. The summed E-state index contributed by atoms with van der Waals surface area (Å²) >= 11 is 1.61. The molecule has 1 aromatic carbocycles. The second-order valence-electron chi connectivity index (χ2n) is 6.79. The maximum absolute atomic E-state index is 13.0. The first-order valence-corrected chi connectivity index (χ1v) is 9.93. The van der Waals surface area contributed by atoms with Gasteiger partial charge >= 0.3 is 0 Å². The monoisotopic (exact) mass is 358 g/mol. The Hall–Kier alpha value is -1.72. The number of aromatic nitrogens is 1. The lowest BCUT2D eigenvalue weighted by atomic mass is 9.90. The summed E-state index contributed by atoms with van der Waals surface area (Å²) in [5, 5.41) is 10.5. The predicted octanol–water partition coefficient (Wildman–Crippen LogP) is 3.72. The summed E-state index contributed by atoms with van der Waals surface area (Å²) in [6.45, 7) is 2.56. The van der Waals surface area contributed by atoms with Crippen LogP contribution in [0.4, 0.5) is 0 Å². The SMILES string of the molecule is Cc1ncsc1CCC(=O)N(Cc1ccccc1)[C@@H]1CCCC[C@H]1O. The molecule has 25 heavy (non-hydrogen) atoms. The van der Waals surface area contributed by atoms with Crippen LogP contribution in [0.25, 0.3) is 0 Å². The second kappa shape index (κ2) is 8.59. The molecule has 2 aromatic rings. The van der Waals surface area contributed by atoms with E-state index in [9.17, 15) is 9.90 Å². The van der Waals surface area contributed by atoms with Crippen molar-refractivity contribution in [2.45, 2.75) is 64.1 Å². The van der Waals surface area contributed by atoms with Crippen molar-refractivity contribution in [2.75, 3.05) is 0 Å². The Morgan fingerprint density at radius 2 is 2.04 bits per heavy atom. The van der Waals surface area contributed by atoms with E-state index in [2.05, 4.69) is 4.98 Å². The Morgan fingerprint density at radius 3 is 2.72 bits per heavy atom. The van der Waals surface area contributed by atoms with Gasteiger partial charge in [-0.15, -0.1) is 11.3 Å². The Labute approximate surface area is 153 Å². The van der Waals surface area contributed by atoms with Crippen LogP contribution in [-0.2, 0) is 17.8 Å². The molecular weight excluding hydrogens is 332 g/mol. The molecule has 1 aliphatic rings. The highest BCUT2D eigenvalue weighted by atomic mass is 32.1. The molecule has 1 saturated carbocycles.